The number of nitrogens with one attached hydrogen (secondary N) is 1. The van der Waals surface area contributed by atoms with Crippen molar-refractivity contribution in [2.75, 3.05) is 6.54 Å². The molecule has 0 aliphatic rings. The van der Waals surface area contributed by atoms with Crippen LogP contribution in [-0.4, -0.2) is 24.1 Å². The molecule has 5 nitrogen and oxygen atoms in total. The van der Waals surface area contributed by atoms with Gasteiger partial charge in [-0.3, -0.25) is 9.11 Å². The van der Waals surface area contributed by atoms with E-state index in [9.17, 15) is 0 Å². The van der Waals surface area contributed by atoms with Crippen LogP contribution in [-0.2, 0) is 16.9 Å². The molecule has 0 amide bonds. The molecule has 3 N–H and O–H groups in total. The number of benzene rings is 2. The Balaban J connectivity index is 0.000000709. The first-order valence-electron chi connectivity index (χ1n) is 11.9. The SMILES string of the molecule is CCCCCCCCCCCCCNCc1ccccc1.O=S(=O)(O)O.c1ccccc1. The molecule has 0 bridgehead atoms. The van der Waals surface area contributed by atoms with E-state index in [4.69, 9.17) is 17.5 Å². The second kappa shape index (κ2) is 22.5. The van der Waals surface area contributed by atoms with Crippen LogP contribution in [0, 0.1) is 0 Å². The standard InChI is InChI=1S/C20H35N.C6H6.H2O4S/c1-2-3-4-5-6-7-8-9-10-11-15-18-21-19-20-16-13-12-14-17-20;1-2-4-6-5-3-1;1-5(2,3)4/h12-14,16-17,21H,2-11,15,18-19H2,1H3;1-6H;(H2,1,2,3,4). The van der Waals surface area contributed by atoms with Crippen molar-refractivity contribution in [2.24, 2.45) is 0 Å². The summed E-state index contributed by atoms with van der Waals surface area (Å²) in [6.45, 7) is 4.46. The zero-order chi connectivity index (χ0) is 23.8. The second-order valence-corrected chi connectivity index (χ2v) is 8.70. The predicted molar refractivity (Wildman–Crippen MR) is 135 cm³/mol. The Morgan fingerprint density at radius 3 is 1.38 bits per heavy atom. The fourth-order valence-corrected chi connectivity index (χ4v) is 3.13. The highest BCUT2D eigenvalue weighted by Crippen LogP contribution is 2.11. The summed E-state index contributed by atoms with van der Waals surface area (Å²) < 4.78 is 31.6. The van der Waals surface area contributed by atoms with Crippen LogP contribution in [0.1, 0.15) is 83.1 Å². The Kier molecular flexibility index (Phi) is 21.2. The third kappa shape index (κ3) is 28.3. The number of rotatable bonds is 14. The van der Waals surface area contributed by atoms with Gasteiger partial charge >= 0.3 is 10.4 Å². The quantitative estimate of drug-likeness (QED) is 0.204. The molecule has 2 rings (SSSR count). The van der Waals surface area contributed by atoms with E-state index in [-0.39, 0.29) is 0 Å². The van der Waals surface area contributed by atoms with Crippen molar-refractivity contribution in [3.8, 4) is 0 Å². The van der Waals surface area contributed by atoms with Gasteiger partial charge in [0.1, 0.15) is 0 Å². The molecule has 0 aromatic heterocycles. The van der Waals surface area contributed by atoms with Crippen molar-refractivity contribution in [2.45, 2.75) is 84.1 Å². The molecule has 0 saturated heterocycles. The van der Waals surface area contributed by atoms with Crippen molar-refractivity contribution >= 4 is 10.4 Å². The van der Waals surface area contributed by atoms with Gasteiger partial charge in [-0.2, -0.15) is 8.42 Å². The van der Waals surface area contributed by atoms with Gasteiger partial charge in [0, 0.05) is 6.54 Å². The molecule has 0 aliphatic carbocycles. The highest BCUT2D eigenvalue weighted by atomic mass is 32.3. The van der Waals surface area contributed by atoms with E-state index in [0.717, 1.165) is 13.1 Å². The molecular formula is C26H43NO4S. The molecule has 0 saturated carbocycles. The lowest BCUT2D eigenvalue weighted by Gasteiger charge is -2.05. The summed E-state index contributed by atoms with van der Waals surface area (Å²) >= 11 is 0. The molecule has 2 aromatic rings. The van der Waals surface area contributed by atoms with Crippen molar-refractivity contribution in [3.63, 3.8) is 0 Å². The van der Waals surface area contributed by atoms with Gasteiger partial charge in [0.05, 0.1) is 0 Å². The van der Waals surface area contributed by atoms with Crippen LogP contribution in [0.4, 0.5) is 0 Å². The van der Waals surface area contributed by atoms with Gasteiger partial charge < -0.3 is 5.32 Å². The highest BCUT2D eigenvalue weighted by Gasteiger charge is 1.94. The second-order valence-electron chi connectivity index (χ2n) is 7.80. The van der Waals surface area contributed by atoms with Gasteiger partial charge in [0.2, 0.25) is 0 Å². The largest absolute Gasteiger partial charge is 0.394 e. The third-order valence-electron chi connectivity index (χ3n) is 4.80. The molecule has 0 fully saturated rings. The summed E-state index contributed by atoms with van der Waals surface area (Å²) in [5.74, 6) is 0. The number of hydrogen-bond donors (Lipinski definition) is 3. The van der Waals surface area contributed by atoms with Crippen LogP contribution in [0.3, 0.4) is 0 Å². The van der Waals surface area contributed by atoms with E-state index in [2.05, 4.69) is 42.6 Å². The summed E-state index contributed by atoms with van der Waals surface area (Å²) in [4.78, 5) is 0. The molecule has 0 aliphatic heterocycles. The van der Waals surface area contributed by atoms with Crippen LogP contribution < -0.4 is 5.32 Å². The molecule has 0 radical (unpaired) electrons. The number of unbranched alkanes of at least 4 members (excludes halogenated alkanes) is 10. The average Bonchev–Trinajstić information content (AvgIpc) is 2.78. The van der Waals surface area contributed by atoms with Crippen molar-refractivity contribution < 1.29 is 17.5 Å². The lowest BCUT2D eigenvalue weighted by atomic mass is 10.1. The maximum absolute atomic E-state index is 8.74. The van der Waals surface area contributed by atoms with E-state index in [1.54, 1.807) is 0 Å². The minimum absolute atomic E-state index is 1.01. The predicted octanol–water partition coefficient (Wildman–Crippen LogP) is 7.12. The topological polar surface area (TPSA) is 86.6 Å². The van der Waals surface area contributed by atoms with Gasteiger partial charge in [0.15, 0.2) is 0 Å². The Morgan fingerprint density at radius 2 is 0.969 bits per heavy atom. The zero-order valence-corrected chi connectivity index (χ0v) is 20.5. The van der Waals surface area contributed by atoms with Crippen LogP contribution in [0.2, 0.25) is 0 Å². The summed E-state index contributed by atoms with van der Waals surface area (Å²) in [7, 11) is -4.67. The lowest BCUT2D eigenvalue weighted by molar-refractivity contribution is 0.381. The van der Waals surface area contributed by atoms with Crippen LogP contribution in [0.15, 0.2) is 66.7 Å². The van der Waals surface area contributed by atoms with E-state index < -0.39 is 10.4 Å². The van der Waals surface area contributed by atoms with E-state index >= 15 is 0 Å². The van der Waals surface area contributed by atoms with Gasteiger partial charge in [-0.1, -0.05) is 138 Å². The lowest BCUT2D eigenvalue weighted by Crippen LogP contribution is -2.14. The average molecular weight is 466 g/mol. The Labute approximate surface area is 196 Å². The maximum Gasteiger partial charge on any atom is 0.394 e. The van der Waals surface area contributed by atoms with Crippen molar-refractivity contribution in [1.29, 1.82) is 0 Å². The molecule has 2 aromatic carbocycles. The summed E-state index contributed by atoms with van der Waals surface area (Å²) in [6, 6.07) is 22.7. The molecule has 0 heterocycles. The first-order chi connectivity index (χ1) is 15.4. The van der Waals surface area contributed by atoms with Gasteiger partial charge in [-0.25, -0.2) is 0 Å². The molecule has 32 heavy (non-hydrogen) atoms. The smallest absolute Gasteiger partial charge is 0.313 e. The molecule has 0 unspecified atom stereocenters. The molecule has 6 heteroatoms. The zero-order valence-electron chi connectivity index (χ0n) is 19.7. The Morgan fingerprint density at radius 1 is 0.625 bits per heavy atom. The van der Waals surface area contributed by atoms with E-state index in [1.807, 2.05) is 36.4 Å². The minimum atomic E-state index is -4.67. The summed E-state index contributed by atoms with van der Waals surface area (Å²) in [5, 5.41) is 3.53. The monoisotopic (exact) mass is 465 g/mol. The van der Waals surface area contributed by atoms with Gasteiger partial charge in [0.25, 0.3) is 0 Å². The van der Waals surface area contributed by atoms with Crippen LogP contribution in [0.5, 0.6) is 0 Å². The van der Waals surface area contributed by atoms with Crippen LogP contribution >= 0.6 is 0 Å². The first-order valence-corrected chi connectivity index (χ1v) is 13.3. The molecule has 0 spiro atoms. The third-order valence-corrected chi connectivity index (χ3v) is 4.80. The van der Waals surface area contributed by atoms with Crippen molar-refractivity contribution in [3.05, 3.63) is 72.3 Å². The van der Waals surface area contributed by atoms with E-state index in [0.29, 0.717) is 0 Å². The Bertz CT molecular complexity index is 674. The molecular weight excluding hydrogens is 422 g/mol. The summed E-state index contributed by atoms with van der Waals surface area (Å²) in [5.41, 5.74) is 1.39. The normalized spacial score (nSPS) is 10.5. The number of hydrogen-bond acceptors (Lipinski definition) is 3. The molecule has 182 valence electrons. The van der Waals surface area contributed by atoms with Crippen LogP contribution in [0.25, 0.3) is 0 Å². The maximum atomic E-state index is 8.74. The van der Waals surface area contributed by atoms with Gasteiger partial charge in [-0.05, 0) is 18.5 Å². The Hall–Kier alpha value is -1.73. The summed E-state index contributed by atoms with van der Waals surface area (Å²) in [6.07, 6.45) is 15.6. The van der Waals surface area contributed by atoms with Crippen molar-refractivity contribution in [1.82, 2.24) is 5.32 Å². The van der Waals surface area contributed by atoms with E-state index in [1.165, 1.54) is 76.2 Å². The highest BCUT2D eigenvalue weighted by molar-refractivity contribution is 7.79. The first kappa shape index (κ1) is 30.3. The fraction of sp³-hybridized carbons (Fsp3) is 0.538. The minimum Gasteiger partial charge on any atom is -0.313 e. The van der Waals surface area contributed by atoms with Gasteiger partial charge in [-0.15, -0.1) is 0 Å². The fourth-order valence-electron chi connectivity index (χ4n) is 3.13. The molecule has 0 atom stereocenters.